The number of hydrogen-bond donors (Lipinski definition) is 6. The lowest BCUT2D eigenvalue weighted by atomic mass is 9.87. The van der Waals surface area contributed by atoms with Crippen molar-refractivity contribution in [1.29, 1.82) is 0 Å². The van der Waals surface area contributed by atoms with Gasteiger partial charge in [-0.25, -0.2) is 19.3 Å². The predicted octanol–water partition coefficient (Wildman–Crippen LogP) is 1.48. The molecule has 2 amide bonds. The number of anilines is 1. The summed E-state index contributed by atoms with van der Waals surface area (Å²) in [6.07, 6.45) is 14.2. The van der Waals surface area contributed by atoms with E-state index in [2.05, 4.69) is 86.8 Å². The molecular formula is C41H64N7O18P3S-4. The Morgan fingerprint density at radius 3 is 2.23 bits per heavy atom. The first kappa shape index (κ1) is 61.0. The van der Waals surface area contributed by atoms with Crippen molar-refractivity contribution in [3.05, 3.63) is 49.1 Å². The van der Waals surface area contributed by atoms with Gasteiger partial charge in [0, 0.05) is 37.1 Å². The second-order valence-electron chi connectivity index (χ2n) is 16.7. The number of imidazole rings is 1. The zero-order valence-corrected chi connectivity index (χ0v) is 42.7. The highest BCUT2D eigenvalue weighted by Gasteiger charge is 2.47. The van der Waals surface area contributed by atoms with Crippen LogP contribution >= 0.6 is 35.2 Å². The first-order chi connectivity index (χ1) is 32.9. The molecule has 0 radical (unpaired) electrons. The van der Waals surface area contributed by atoms with E-state index in [1.165, 1.54) is 33.1 Å². The number of carbonyl (C=O) groups is 3. The number of rotatable bonds is 34. The van der Waals surface area contributed by atoms with Crippen LogP contribution < -0.4 is 35.9 Å². The van der Waals surface area contributed by atoms with Crippen LogP contribution in [-0.4, -0.2) is 114 Å². The summed E-state index contributed by atoms with van der Waals surface area (Å²) in [5.41, 5.74) is 4.05. The molecule has 1 saturated heterocycles. The smallest absolute Gasteiger partial charge is 0.274 e. The van der Waals surface area contributed by atoms with Gasteiger partial charge in [0.1, 0.15) is 36.3 Å². The van der Waals surface area contributed by atoms with Crippen molar-refractivity contribution >= 4 is 69.1 Å². The van der Waals surface area contributed by atoms with Crippen molar-refractivity contribution in [2.24, 2.45) is 5.41 Å². The van der Waals surface area contributed by atoms with Gasteiger partial charge in [-0.15, -0.1) is 0 Å². The van der Waals surface area contributed by atoms with E-state index in [1.54, 1.807) is 0 Å². The molecule has 0 bridgehead atoms. The highest BCUT2D eigenvalue weighted by atomic mass is 32.2. The predicted molar refractivity (Wildman–Crippen MR) is 248 cm³/mol. The fourth-order valence-electron chi connectivity index (χ4n) is 6.56. The average Bonchev–Trinajstić information content (AvgIpc) is 3.84. The number of nitrogens with two attached hydrogens (primary N) is 1. The minimum atomic E-state index is -5.93. The molecule has 0 spiro atoms. The van der Waals surface area contributed by atoms with Crippen LogP contribution in [0.5, 0.6) is 0 Å². The minimum absolute atomic E-state index is 0.0152. The molecule has 1 aliphatic rings. The molecule has 25 nitrogen and oxygen atoms in total. The van der Waals surface area contributed by atoms with E-state index >= 15 is 0 Å². The number of fused-ring (bicyclic) bond motifs is 1. The summed E-state index contributed by atoms with van der Waals surface area (Å²) in [7, 11) is -17.7. The van der Waals surface area contributed by atoms with Gasteiger partial charge in [-0.3, -0.25) is 28.1 Å². The van der Waals surface area contributed by atoms with Gasteiger partial charge in [-0.1, -0.05) is 88.3 Å². The van der Waals surface area contributed by atoms with E-state index in [4.69, 9.17) is 10.5 Å². The SMILES string of the molecule is CCCCC/C=C\C/C=C\C/C=C\CCCC[C@@H](O)CC(=O)SCCNC(=O)CCNC(=O)[C@H](O)C(C)(C)COP(=O)([O-])OP(=O)([O-])OC[C@H]1O[C@@H](n2cnc3c(N)ncnc32)[C@H](O)[C@@H]1OP(=O)([O-])[O-]. The molecule has 1 aliphatic heterocycles. The summed E-state index contributed by atoms with van der Waals surface area (Å²) >= 11 is 0.969. The number of aliphatic hydroxyl groups is 3. The number of aliphatic hydroxyl groups excluding tert-OH is 3. The molecule has 7 N–H and O–H groups in total. The van der Waals surface area contributed by atoms with E-state index in [0.717, 1.165) is 67.5 Å². The summed E-state index contributed by atoms with van der Waals surface area (Å²) in [6, 6.07) is 0. The molecule has 396 valence electrons. The highest BCUT2D eigenvalue weighted by Crippen LogP contribution is 2.56. The fourth-order valence-corrected chi connectivity index (χ4v) is 10.0. The van der Waals surface area contributed by atoms with E-state index < -0.39 is 90.7 Å². The number of nitrogens with one attached hydrogen (secondary N) is 2. The first-order valence-electron chi connectivity index (χ1n) is 22.6. The maximum atomic E-state index is 12.7. The van der Waals surface area contributed by atoms with Gasteiger partial charge in [-0.2, -0.15) is 0 Å². The number of nitrogens with zero attached hydrogens (tertiary/aromatic N) is 4. The number of ether oxygens (including phenoxy) is 1. The molecule has 0 aromatic carbocycles. The molecule has 2 unspecified atom stereocenters. The lowest BCUT2D eigenvalue weighted by Crippen LogP contribution is -2.46. The minimum Gasteiger partial charge on any atom is -0.790 e. The van der Waals surface area contributed by atoms with Crippen molar-refractivity contribution in [2.75, 3.05) is 37.8 Å². The molecule has 1 fully saturated rings. The van der Waals surface area contributed by atoms with Crippen molar-refractivity contribution in [3.8, 4) is 0 Å². The molecule has 8 atom stereocenters. The third-order valence-corrected chi connectivity index (χ3v) is 14.2. The Hall–Kier alpha value is -3.26. The quantitative estimate of drug-likeness (QED) is 0.0328. The number of aromatic nitrogens is 4. The molecule has 3 heterocycles. The Balaban J connectivity index is 1.31. The average molecular weight is 1070 g/mol. The Labute approximate surface area is 410 Å². The Kier molecular flexibility index (Phi) is 26.2. The van der Waals surface area contributed by atoms with E-state index in [-0.39, 0.29) is 53.8 Å². The van der Waals surface area contributed by atoms with Crippen molar-refractivity contribution in [2.45, 2.75) is 135 Å². The van der Waals surface area contributed by atoms with Gasteiger partial charge in [-0.05, 0) is 44.9 Å². The molecule has 70 heavy (non-hydrogen) atoms. The summed E-state index contributed by atoms with van der Waals surface area (Å²) in [5.74, 6) is -1.36. The maximum absolute atomic E-state index is 12.7. The largest absolute Gasteiger partial charge is 0.790 e. The van der Waals surface area contributed by atoms with Crippen LogP contribution in [0.15, 0.2) is 49.1 Å². The highest BCUT2D eigenvalue weighted by molar-refractivity contribution is 8.13. The Morgan fingerprint density at radius 1 is 0.929 bits per heavy atom. The third kappa shape index (κ3) is 22.7. The summed E-state index contributed by atoms with van der Waals surface area (Å²) < 4.78 is 60.8. The molecule has 0 aliphatic carbocycles. The summed E-state index contributed by atoms with van der Waals surface area (Å²) in [6.45, 7) is 2.16. The monoisotopic (exact) mass is 1070 g/mol. The first-order valence-corrected chi connectivity index (χ1v) is 27.9. The van der Waals surface area contributed by atoms with Gasteiger partial charge in [0.2, 0.25) is 11.8 Å². The number of thioether (sulfide) groups is 1. The van der Waals surface area contributed by atoms with Crippen LogP contribution in [0.25, 0.3) is 11.2 Å². The number of allylic oxidation sites excluding steroid dienone is 6. The number of phosphoric acid groups is 3. The second kappa shape index (κ2) is 30.1. The number of unbranched alkanes of at least 4 members (excludes halogenated alkanes) is 5. The van der Waals surface area contributed by atoms with Crippen molar-refractivity contribution in [1.82, 2.24) is 30.2 Å². The molecule has 2 aromatic heterocycles. The van der Waals surface area contributed by atoms with Crippen LogP contribution in [-0.2, 0) is 50.7 Å². The zero-order chi connectivity index (χ0) is 52.0. The van der Waals surface area contributed by atoms with E-state index in [9.17, 15) is 63.0 Å². The molecular weight excluding hydrogens is 1000 g/mol. The van der Waals surface area contributed by atoms with E-state index in [1.807, 2.05) is 0 Å². The lowest BCUT2D eigenvalue weighted by molar-refractivity contribution is -0.347. The van der Waals surface area contributed by atoms with Gasteiger partial charge in [0.25, 0.3) is 15.6 Å². The standard InChI is InChI=1S/C41H68N7O18P3S/c1-4-5-6-7-8-9-10-11-12-13-14-15-16-17-18-19-29(49)24-32(51)70-23-22-43-31(50)20-21-44-39(54)36(53)41(2,3)26-63-69(60,61)66-68(58,59)62-25-30-35(65-67(55,56)57)34(52)40(64-30)48-28-47-33-37(42)45-27-46-38(33)48/h8-9,11-12,14-15,27-30,34-36,40,49,52-53H,4-7,10,13,16-26H2,1-3H3,(H,43,50)(H,44,54)(H,58,59)(H,60,61)(H2,42,45,46)(H2,55,56,57)/p-4/b9-8-,12-11-,15-14-/t29-,30-,34-,35-,36+,40-/m1/s1. The normalized spacial score (nSPS) is 20.5. The topological polar surface area (TPSA) is 395 Å². The molecule has 29 heteroatoms. The molecule has 0 saturated carbocycles. The van der Waals surface area contributed by atoms with Crippen LogP contribution in [0.4, 0.5) is 5.82 Å². The maximum Gasteiger partial charge on any atom is 0.274 e. The van der Waals surface area contributed by atoms with Crippen LogP contribution in [0.1, 0.15) is 104 Å². The molecule has 3 rings (SSSR count). The van der Waals surface area contributed by atoms with Crippen LogP contribution in [0.3, 0.4) is 0 Å². The van der Waals surface area contributed by atoms with Crippen LogP contribution in [0.2, 0.25) is 0 Å². The van der Waals surface area contributed by atoms with Crippen molar-refractivity contribution in [3.63, 3.8) is 0 Å². The second-order valence-corrected chi connectivity index (χ2v) is 21.9. The number of amides is 2. The number of nitrogen functional groups attached to an aromatic ring is 1. The number of carbonyl (C=O) groups excluding carboxylic acids is 3. The molecule has 2 aromatic rings. The summed E-state index contributed by atoms with van der Waals surface area (Å²) in [5, 5.41) is 36.4. The Morgan fingerprint density at radius 2 is 1.57 bits per heavy atom. The Bertz CT molecular complexity index is 2210. The number of phosphoric ester groups is 3. The third-order valence-electron chi connectivity index (χ3n) is 10.3. The van der Waals surface area contributed by atoms with Crippen molar-refractivity contribution < 1.29 is 85.6 Å². The van der Waals surface area contributed by atoms with E-state index in [0.29, 0.717) is 6.42 Å². The zero-order valence-electron chi connectivity index (χ0n) is 39.2. The fraction of sp³-hybridized carbons (Fsp3) is 0.659. The van der Waals surface area contributed by atoms with Gasteiger partial charge in [0.15, 0.2) is 22.8 Å². The van der Waals surface area contributed by atoms with Gasteiger partial charge in [0.05, 0.1) is 33.5 Å². The summed E-state index contributed by atoms with van der Waals surface area (Å²) in [4.78, 5) is 96.9. The van der Waals surface area contributed by atoms with Crippen LogP contribution in [0, 0.1) is 5.41 Å². The number of hydrogen-bond acceptors (Lipinski definition) is 23. The van der Waals surface area contributed by atoms with Gasteiger partial charge >= 0.3 is 0 Å². The lowest BCUT2D eigenvalue weighted by Gasteiger charge is -2.36. The van der Waals surface area contributed by atoms with Gasteiger partial charge < -0.3 is 74.1 Å².